The van der Waals surface area contributed by atoms with Gasteiger partial charge in [-0.2, -0.15) is 10.2 Å². The molecular weight excluding hydrogens is 236 g/mol. The molecule has 86 valence electrons. The van der Waals surface area contributed by atoms with Gasteiger partial charge in [0.05, 0.1) is 5.56 Å². The van der Waals surface area contributed by atoms with Crippen LogP contribution in [0.1, 0.15) is 18.4 Å². The van der Waals surface area contributed by atoms with Crippen molar-refractivity contribution in [3.63, 3.8) is 0 Å². The monoisotopic (exact) mass is 246 g/mol. The summed E-state index contributed by atoms with van der Waals surface area (Å²) in [5.74, 6) is 1.08. The number of nitriles is 1. The average Bonchev–Trinajstić information content (AvgIpc) is 3.09. The van der Waals surface area contributed by atoms with E-state index in [0.717, 1.165) is 18.0 Å². The van der Waals surface area contributed by atoms with Gasteiger partial charge in [0.2, 0.25) is 0 Å². The van der Waals surface area contributed by atoms with Gasteiger partial charge in [-0.15, -0.1) is 11.3 Å². The van der Waals surface area contributed by atoms with Gasteiger partial charge in [0, 0.05) is 13.1 Å². The number of thiophene rings is 1. The summed E-state index contributed by atoms with van der Waals surface area (Å²) in [5, 5.41) is 14.8. The van der Waals surface area contributed by atoms with Crippen LogP contribution >= 0.6 is 11.3 Å². The lowest BCUT2D eigenvalue weighted by Gasteiger charge is -2.09. The van der Waals surface area contributed by atoms with Crippen molar-refractivity contribution < 1.29 is 4.52 Å². The fraction of sp³-hybridized carbons (Fsp3) is 0.364. The highest BCUT2D eigenvalue weighted by molar-refractivity contribution is 7.13. The third-order valence-electron chi connectivity index (χ3n) is 2.78. The summed E-state index contributed by atoms with van der Waals surface area (Å²) >= 11 is 1.45. The second kappa shape index (κ2) is 4.18. The van der Waals surface area contributed by atoms with Crippen LogP contribution in [0.25, 0.3) is 10.8 Å². The van der Waals surface area contributed by atoms with Crippen molar-refractivity contribution in [2.75, 3.05) is 18.0 Å². The van der Waals surface area contributed by atoms with Gasteiger partial charge < -0.3 is 9.42 Å². The predicted molar refractivity (Wildman–Crippen MR) is 63.8 cm³/mol. The first kappa shape index (κ1) is 10.3. The molecule has 1 fully saturated rings. The molecule has 0 saturated carbocycles. The molecule has 0 unspecified atom stereocenters. The quantitative estimate of drug-likeness (QED) is 0.813. The summed E-state index contributed by atoms with van der Waals surface area (Å²) in [7, 11) is 0. The van der Waals surface area contributed by atoms with E-state index in [1.807, 2.05) is 5.38 Å². The number of hydrogen-bond acceptors (Lipinski definition) is 6. The van der Waals surface area contributed by atoms with E-state index in [2.05, 4.69) is 21.1 Å². The van der Waals surface area contributed by atoms with Crippen molar-refractivity contribution in [2.24, 2.45) is 0 Å². The molecule has 0 radical (unpaired) electrons. The van der Waals surface area contributed by atoms with Crippen LogP contribution in [0, 0.1) is 11.3 Å². The van der Waals surface area contributed by atoms with Crippen molar-refractivity contribution in [2.45, 2.75) is 12.8 Å². The van der Waals surface area contributed by atoms with Crippen LogP contribution in [0.5, 0.6) is 0 Å². The summed E-state index contributed by atoms with van der Waals surface area (Å²) in [5.41, 5.74) is 0.589. The van der Waals surface area contributed by atoms with Gasteiger partial charge in [-0.25, -0.2) is 0 Å². The van der Waals surface area contributed by atoms with Crippen LogP contribution in [-0.2, 0) is 0 Å². The molecule has 1 aliphatic heterocycles. The minimum atomic E-state index is 0.443. The first-order valence-corrected chi connectivity index (χ1v) is 6.33. The van der Waals surface area contributed by atoms with Crippen LogP contribution in [0.2, 0.25) is 0 Å². The summed E-state index contributed by atoms with van der Waals surface area (Å²) in [4.78, 5) is 7.21. The van der Waals surface area contributed by atoms with Gasteiger partial charge in [0.1, 0.15) is 10.9 Å². The zero-order valence-electron chi connectivity index (χ0n) is 9.09. The molecule has 0 spiro atoms. The Bertz CT molecular complexity index is 562. The molecule has 1 aliphatic rings. The van der Waals surface area contributed by atoms with Gasteiger partial charge in [0.25, 0.3) is 11.8 Å². The van der Waals surface area contributed by atoms with Gasteiger partial charge in [-0.1, -0.05) is 0 Å². The van der Waals surface area contributed by atoms with Crippen molar-refractivity contribution >= 4 is 17.3 Å². The summed E-state index contributed by atoms with van der Waals surface area (Å²) in [6, 6.07) is 3.89. The molecule has 0 atom stereocenters. The van der Waals surface area contributed by atoms with Crippen molar-refractivity contribution in [1.82, 2.24) is 10.1 Å². The largest absolute Gasteiger partial charge is 0.338 e. The van der Waals surface area contributed by atoms with E-state index in [1.165, 1.54) is 24.2 Å². The lowest BCUT2D eigenvalue weighted by Crippen LogP contribution is -2.18. The number of aromatic nitrogens is 2. The van der Waals surface area contributed by atoms with Gasteiger partial charge in [-0.05, 0) is 29.4 Å². The second-order valence-corrected chi connectivity index (χ2v) is 4.79. The van der Waals surface area contributed by atoms with E-state index in [4.69, 9.17) is 9.78 Å². The van der Waals surface area contributed by atoms with Crippen molar-refractivity contribution in [3.05, 3.63) is 17.0 Å². The van der Waals surface area contributed by atoms with Crippen LogP contribution in [0.15, 0.2) is 16.0 Å². The molecule has 3 rings (SSSR count). The zero-order chi connectivity index (χ0) is 11.7. The number of hydrogen-bond donors (Lipinski definition) is 0. The van der Waals surface area contributed by atoms with E-state index >= 15 is 0 Å². The predicted octanol–water partition coefficient (Wildman–Crippen LogP) is 2.27. The topological polar surface area (TPSA) is 66.0 Å². The molecule has 0 aromatic carbocycles. The third-order valence-corrected chi connectivity index (χ3v) is 3.69. The molecule has 1 saturated heterocycles. The van der Waals surface area contributed by atoms with Crippen LogP contribution in [0.4, 0.5) is 5.95 Å². The fourth-order valence-electron chi connectivity index (χ4n) is 1.92. The molecular formula is C11H10N4OS. The SMILES string of the molecule is N#Cc1ccsc1-c1nc(N2CCCC2)no1. The van der Waals surface area contributed by atoms with E-state index in [1.54, 1.807) is 6.07 Å². The standard InChI is InChI=1S/C11H10N4OS/c12-7-8-3-6-17-9(8)10-13-11(14-16-10)15-4-1-2-5-15/h3,6H,1-2,4-5H2. The first-order chi connectivity index (χ1) is 8.38. The lowest BCUT2D eigenvalue weighted by atomic mass is 10.3. The Hall–Kier alpha value is -1.87. The Labute approximate surface area is 102 Å². The Kier molecular flexibility index (Phi) is 2.53. The highest BCUT2D eigenvalue weighted by Gasteiger charge is 2.20. The molecule has 2 aromatic rings. The second-order valence-electron chi connectivity index (χ2n) is 3.87. The number of nitrogens with zero attached hydrogens (tertiary/aromatic N) is 4. The van der Waals surface area contributed by atoms with E-state index < -0.39 is 0 Å². The molecule has 2 aromatic heterocycles. The molecule has 0 amide bonds. The summed E-state index contributed by atoms with van der Waals surface area (Å²) in [6.07, 6.45) is 2.35. The van der Waals surface area contributed by atoms with E-state index in [-0.39, 0.29) is 0 Å². The van der Waals surface area contributed by atoms with Gasteiger partial charge in [-0.3, -0.25) is 0 Å². The molecule has 3 heterocycles. The minimum Gasteiger partial charge on any atom is -0.338 e. The number of anilines is 1. The molecule has 0 N–H and O–H groups in total. The van der Waals surface area contributed by atoms with Crippen molar-refractivity contribution in [1.29, 1.82) is 5.26 Å². The molecule has 0 bridgehead atoms. The molecule has 0 aliphatic carbocycles. The Balaban J connectivity index is 1.92. The molecule has 17 heavy (non-hydrogen) atoms. The average molecular weight is 246 g/mol. The number of rotatable bonds is 2. The van der Waals surface area contributed by atoms with Crippen LogP contribution < -0.4 is 4.90 Å². The highest BCUT2D eigenvalue weighted by Crippen LogP contribution is 2.29. The maximum absolute atomic E-state index is 8.94. The Morgan fingerprint density at radius 1 is 1.41 bits per heavy atom. The Morgan fingerprint density at radius 2 is 2.24 bits per heavy atom. The Morgan fingerprint density at radius 3 is 3.00 bits per heavy atom. The summed E-state index contributed by atoms with van der Waals surface area (Å²) in [6.45, 7) is 1.96. The van der Waals surface area contributed by atoms with E-state index in [9.17, 15) is 0 Å². The minimum absolute atomic E-state index is 0.443. The highest BCUT2D eigenvalue weighted by atomic mass is 32.1. The van der Waals surface area contributed by atoms with Crippen molar-refractivity contribution in [3.8, 4) is 16.8 Å². The summed E-state index contributed by atoms with van der Waals surface area (Å²) < 4.78 is 5.22. The maximum Gasteiger partial charge on any atom is 0.270 e. The third kappa shape index (κ3) is 1.78. The first-order valence-electron chi connectivity index (χ1n) is 5.45. The van der Waals surface area contributed by atoms with Gasteiger partial charge >= 0.3 is 0 Å². The molecule has 5 nitrogen and oxygen atoms in total. The lowest BCUT2D eigenvalue weighted by molar-refractivity contribution is 0.431. The molecule has 6 heteroatoms. The zero-order valence-corrected chi connectivity index (χ0v) is 9.90. The maximum atomic E-state index is 8.94. The van der Waals surface area contributed by atoms with Crippen LogP contribution in [0.3, 0.4) is 0 Å². The normalized spacial score (nSPS) is 15.1. The smallest absolute Gasteiger partial charge is 0.270 e. The van der Waals surface area contributed by atoms with E-state index in [0.29, 0.717) is 17.4 Å². The van der Waals surface area contributed by atoms with Gasteiger partial charge in [0.15, 0.2) is 0 Å². The van der Waals surface area contributed by atoms with Crippen LogP contribution in [-0.4, -0.2) is 23.2 Å². The fourth-order valence-corrected chi connectivity index (χ4v) is 2.68.